The molecule has 1 aromatic carbocycles. The summed E-state index contributed by atoms with van der Waals surface area (Å²) in [6, 6.07) is 6.38. The first-order chi connectivity index (χ1) is 10.8. The van der Waals surface area contributed by atoms with Crippen LogP contribution in [0.25, 0.3) is 0 Å². The third-order valence-corrected chi connectivity index (χ3v) is 5.48. The molecule has 0 amide bonds. The second-order valence-electron chi connectivity index (χ2n) is 6.81. The van der Waals surface area contributed by atoms with Crippen molar-refractivity contribution in [2.75, 3.05) is 0 Å². The van der Waals surface area contributed by atoms with E-state index < -0.39 is 10.1 Å². The number of hydrogen-bond donors (Lipinski definition) is 0. The van der Waals surface area contributed by atoms with Crippen molar-refractivity contribution in [2.45, 2.75) is 83.0 Å². The van der Waals surface area contributed by atoms with Crippen LogP contribution in [0.1, 0.15) is 83.6 Å². The van der Waals surface area contributed by atoms with E-state index in [1.165, 1.54) is 57.1 Å². The molecule has 0 fully saturated rings. The number of benzene rings is 1. The zero-order valence-electron chi connectivity index (χ0n) is 14.8. The van der Waals surface area contributed by atoms with Gasteiger partial charge in [0.25, 0.3) is 0 Å². The van der Waals surface area contributed by atoms with Gasteiger partial charge in [-0.3, -0.25) is 0 Å². The lowest BCUT2D eigenvalue weighted by Crippen LogP contribution is -2.02. The van der Waals surface area contributed by atoms with Gasteiger partial charge < -0.3 is 4.55 Å². The minimum Gasteiger partial charge on any atom is -0.744 e. The molecular formula is C19H31O3S-. The van der Waals surface area contributed by atoms with Crippen molar-refractivity contribution in [1.82, 2.24) is 0 Å². The molecule has 0 aromatic heterocycles. The molecule has 0 saturated carbocycles. The third kappa shape index (κ3) is 7.98. The van der Waals surface area contributed by atoms with E-state index in [4.69, 9.17) is 0 Å². The predicted octanol–water partition coefficient (Wildman–Crippen LogP) is 5.47. The van der Waals surface area contributed by atoms with Gasteiger partial charge in [-0.05, 0) is 36.0 Å². The van der Waals surface area contributed by atoms with Crippen LogP contribution in [0, 0.1) is 5.92 Å². The van der Waals surface area contributed by atoms with E-state index in [9.17, 15) is 13.0 Å². The summed E-state index contributed by atoms with van der Waals surface area (Å²) in [4.78, 5) is -0.145. The van der Waals surface area contributed by atoms with Crippen LogP contribution in [0.3, 0.4) is 0 Å². The minimum absolute atomic E-state index is 0.145. The largest absolute Gasteiger partial charge is 0.744 e. The minimum atomic E-state index is -4.34. The number of hydrogen-bond acceptors (Lipinski definition) is 3. The van der Waals surface area contributed by atoms with Crippen molar-refractivity contribution >= 4 is 10.1 Å². The topological polar surface area (TPSA) is 57.2 Å². The molecule has 2 unspecified atom stereocenters. The molecule has 0 bridgehead atoms. The van der Waals surface area contributed by atoms with Crippen molar-refractivity contribution < 1.29 is 13.0 Å². The third-order valence-electron chi connectivity index (χ3n) is 4.63. The zero-order chi connectivity index (χ0) is 17.3. The van der Waals surface area contributed by atoms with Gasteiger partial charge in [0.1, 0.15) is 10.1 Å². The Morgan fingerprint density at radius 2 is 1.52 bits per heavy atom. The van der Waals surface area contributed by atoms with E-state index in [1.807, 2.05) is 0 Å². The summed E-state index contributed by atoms with van der Waals surface area (Å²) in [6.45, 7) is 6.72. The van der Waals surface area contributed by atoms with Crippen molar-refractivity contribution in [3.8, 4) is 0 Å². The monoisotopic (exact) mass is 339 g/mol. The highest BCUT2D eigenvalue weighted by Gasteiger charge is 2.10. The molecule has 1 rings (SSSR count). The molecule has 0 saturated heterocycles. The second-order valence-corrected chi connectivity index (χ2v) is 8.19. The van der Waals surface area contributed by atoms with E-state index in [-0.39, 0.29) is 4.90 Å². The van der Waals surface area contributed by atoms with E-state index in [0.717, 1.165) is 17.9 Å². The fraction of sp³-hybridized carbons (Fsp3) is 0.684. The molecule has 3 nitrogen and oxygen atoms in total. The molecule has 0 aliphatic rings. The van der Waals surface area contributed by atoms with E-state index >= 15 is 0 Å². The maximum absolute atomic E-state index is 10.9. The average Bonchev–Trinajstić information content (AvgIpc) is 2.51. The van der Waals surface area contributed by atoms with Crippen LogP contribution >= 0.6 is 0 Å². The highest BCUT2D eigenvalue weighted by molar-refractivity contribution is 7.85. The standard InChI is InChI=1S/C19H32O3S/c1-4-5-6-7-8-9-16(2)10-11-17(3)18-12-14-19(15-13-18)23(20,21)22/h12-17H,4-11H2,1-3H3,(H,20,21,22)/p-1. The van der Waals surface area contributed by atoms with Crippen LogP contribution in [0.5, 0.6) is 0 Å². The van der Waals surface area contributed by atoms with Crippen LogP contribution < -0.4 is 0 Å². The Labute approximate surface area is 142 Å². The summed E-state index contributed by atoms with van der Waals surface area (Å²) < 4.78 is 32.8. The first-order valence-corrected chi connectivity index (χ1v) is 10.3. The quantitative estimate of drug-likeness (QED) is 0.397. The van der Waals surface area contributed by atoms with Crippen molar-refractivity contribution in [2.24, 2.45) is 5.92 Å². The molecular weight excluding hydrogens is 308 g/mol. The summed E-state index contributed by atoms with van der Waals surface area (Å²) >= 11 is 0. The lowest BCUT2D eigenvalue weighted by atomic mass is 9.90. The van der Waals surface area contributed by atoms with Gasteiger partial charge in [0.15, 0.2) is 0 Å². The van der Waals surface area contributed by atoms with Crippen molar-refractivity contribution in [3.63, 3.8) is 0 Å². The molecule has 0 N–H and O–H groups in total. The molecule has 1 aromatic rings. The molecule has 23 heavy (non-hydrogen) atoms. The van der Waals surface area contributed by atoms with Gasteiger partial charge in [-0.25, -0.2) is 8.42 Å². The summed E-state index contributed by atoms with van der Waals surface area (Å²) in [7, 11) is -4.34. The Bertz CT molecular complexity index is 534. The average molecular weight is 340 g/mol. The maximum atomic E-state index is 10.9. The molecule has 132 valence electrons. The fourth-order valence-electron chi connectivity index (χ4n) is 2.90. The Kier molecular flexibility index (Phi) is 8.85. The van der Waals surface area contributed by atoms with Gasteiger partial charge in [-0.15, -0.1) is 0 Å². The van der Waals surface area contributed by atoms with Gasteiger partial charge >= 0.3 is 0 Å². The number of rotatable bonds is 11. The van der Waals surface area contributed by atoms with Crippen molar-refractivity contribution in [3.05, 3.63) is 29.8 Å². The molecule has 2 atom stereocenters. The van der Waals surface area contributed by atoms with Crippen LogP contribution in [0.15, 0.2) is 29.2 Å². The number of unbranched alkanes of at least 4 members (excludes halogenated alkanes) is 4. The predicted molar refractivity (Wildman–Crippen MR) is 94.6 cm³/mol. The van der Waals surface area contributed by atoms with E-state index in [2.05, 4.69) is 20.8 Å². The molecule has 0 spiro atoms. The van der Waals surface area contributed by atoms with Crippen LogP contribution in [0.4, 0.5) is 0 Å². The van der Waals surface area contributed by atoms with Crippen molar-refractivity contribution in [1.29, 1.82) is 0 Å². The molecule has 0 aliphatic heterocycles. The summed E-state index contributed by atoms with van der Waals surface area (Å²) in [5.41, 5.74) is 1.10. The summed E-state index contributed by atoms with van der Waals surface area (Å²) in [6.07, 6.45) is 10.2. The smallest absolute Gasteiger partial charge is 0.124 e. The molecule has 0 radical (unpaired) electrons. The highest BCUT2D eigenvalue weighted by atomic mass is 32.2. The van der Waals surface area contributed by atoms with Gasteiger partial charge in [-0.2, -0.15) is 0 Å². The van der Waals surface area contributed by atoms with E-state index in [0.29, 0.717) is 5.92 Å². The van der Waals surface area contributed by atoms with Crippen LogP contribution in [-0.4, -0.2) is 13.0 Å². The van der Waals surface area contributed by atoms with Gasteiger partial charge in [-0.1, -0.05) is 77.8 Å². The summed E-state index contributed by atoms with van der Waals surface area (Å²) in [5.74, 6) is 1.13. The Balaban J connectivity index is 2.34. The van der Waals surface area contributed by atoms with Gasteiger partial charge in [0.05, 0.1) is 4.90 Å². The zero-order valence-corrected chi connectivity index (χ0v) is 15.6. The molecule has 0 aliphatic carbocycles. The first-order valence-electron chi connectivity index (χ1n) is 8.90. The van der Waals surface area contributed by atoms with Crippen LogP contribution in [-0.2, 0) is 10.1 Å². The SMILES string of the molecule is CCCCCCCC(C)CCC(C)c1ccc(S(=O)(=O)[O-])cc1. The Morgan fingerprint density at radius 3 is 2.09 bits per heavy atom. The second kappa shape index (κ2) is 10.1. The molecule has 0 heterocycles. The van der Waals surface area contributed by atoms with Gasteiger partial charge in [0.2, 0.25) is 0 Å². The lowest BCUT2D eigenvalue weighted by molar-refractivity contribution is 0.430. The normalized spacial score (nSPS) is 14.6. The van der Waals surface area contributed by atoms with E-state index in [1.54, 1.807) is 12.1 Å². The maximum Gasteiger partial charge on any atom is 0.124 e. The van der Waals surface area contributed by atoms with Crippen LogP contribution in [0.2, 0.25) is 0 Å². The Hall–Kier alpha value is -0.870. The Morgan fingerprint density at radius 1 is 0.913 bits per heavy atom. The first kappa shape index (κ1) is 20.2. The summed E-state index contributed by atoms with van der Waals surface area (Å²) in [5, 5.41) is 0. The molecule has 4 heteroatoms. The highest BCUT2D eigenvalue weighted by Crippen LogP contribution is 2.26. The lowest BCUT2D eigenvalue weighted by Gasteiger charge is -2.16. The van der Waals surface area contributed by atoms with Gasteiger partial charge in [0, 0.05) is 0 Å². The fourth-order valence-corrected chi connectivity index (χ4v) is 3.37.